The minimum atomic E-state index is -6.58. The lowest BCUT2D eigenvalue weighted by Gasteiger charge is -2.52. The lowest BCUT2D eigenvalue weighted by molar-refractivity contribution is 0.376. The van der Waals surface area contributed by atoms with Gasteiger partial charge in [-0.25, -0.2) is 74.3 Å². The number of rotatable bonds is 11. The zero-order valence-corrected chi connectivity index (χ0v) is 33.3. The van der Waals surface area contributed by atoms with Crippen molar-refractivity contribution < 1.29 is 78.7 Å². The Labute approximate surface area is 334 Å². The third kappa shape index (κ3) is 8.07. The van der Waals surface area contributed by atoms with Gasteiger partial charge < -0.3 is 8.66 Å². The largest absolute Gasteiger partial charge is 0.400 e. The first-order chi connectivity index (χ1) is 27.9. The Balaban J connectivity index is 0.00000102. The van der Waals surface area contributed by atoms with E-state index in [0.29, 0.717) is 12.1 Å². The van der Waals surface area contributed by atoms with E-state index in [0.717, 1.165) is 32.9 Å². The van der Waals surface area contributed by atoms with Gasteiger partial charge in [-0.3, -0.25) is 0 Å². The molecule has 5 aromatic rings. The van der Waals surface area contributed by atoms with E-state index in [9.17, 15) is 21.6 Å². The normalized spacial score (nSPS) is 12.1. The predicted octanol–water partition coefficient (Wildman–Crippen LogP) is 10.5. The molecule has 0 unspecified atom stereocenters. The molecular weight excluding hydrogens is 877 g/mol. The van der Waals surface area contributed by atoms with E-state index in [1.54, 1.807) is 0 Å². The third-order valence-electron chi connectivity index (χ3n) is 9.63. The fourth-order valence-corrected chi connectivity index (χ4v) is 10.9. The minimum absolute atomic E-state index is 0.173. The Hall–Kier alpha value is -4.75. The maximum Gasteiger partial charge on any atom is 0.333 e. The van der Waals surface area contributed by atoms with E-state index in [1.807, 2.05) is 18.2 Å². The maximum atomic E-state index is 16.3. The van der Waals surface area contributed by atoms with Crippen LogP contribution >= 0.6 is 7.49 Å². The molecule has 0 saturated carbocycles. The smallest absolute Gasteiger partial charge is 0.333 e. The van der Waals surface area contributed by atoms with Crippen LogP contribution in [0.4, 0.5) is 71.5 Å². The second kappa shape index (κ2) is 18.1. The lowest BCUT2D eigenvalue weighted by Crippen LogP contribution is -2.77. The molecule has 0 atom stereocenters. The van der Waals surface area contributed by atoms with E-state index in [-0.39, 0.29) is 5.56 Å². The van der Waals surface area contributed by atoms with Crippen molar-refractivity contribution in [2.45, 2.75) is 39.5 Å². The van der Waals surface area contributed by atoms with Crippen molar-refractivity contribution in [1.82, 2.24) is 0 Å². The van der Waals surface area contributed by atoms with E-state index in [4.69, 9.17) is 4.44 Å². The second-order valence-corrected chi connectivity index (χ2v) is 19.0. The maximum absolute atomic E-state index is 16.3. The van der Waals surface area contributed by atoms with Gasteiger partial charge in [0.15, 0.2) is 58.2 Å². The van der Waals surface area contributed by atoms with Crippen LogP contribution in [0.1, 0.15) is 31.9 Å². The number of nitrogens with zero attached hydrogens (tertiary/aromatic N) is 1. The quantitative estimate of drug-likeness (QED) is 0.0436. The van der Waals surface area contributed by atoms with Crippen LogP contribution in [0.5, 0.6) is 0 Å². The van der Waals surface area contributed by atoms with Gasteiger partial charge in [-0.15, -0.1) is 0 Å². The van der Waals surface area contributed by atoms with Crippen LogP contribution in [-0.2, 0) is 14.5 Å². The Morgan fingerprint density at radius 1 is 0.467 bits per heavy atom. The monoisotopic (exact) mass is 907 g/mol. The van der Waals surface area contributed by atoms with Gasteiger partial charge in [0.1, 0.15) is 23.3 Å². The summed E-state index contributed by atoms with van der Waals surface area (Å²) in [5.41, 5.74) is -7.29. The molecule has 0 amide bonds. The summed E-state index contributed by atoms with van der Waals surface area (Å²) < 4.78 is 265. The summed E-state index contributed by atoms with van der Waals surface area (Å²) in [5.74, 6) is -47.4. The van der Waals surface area contributed by atoms with Crippen LogP contribution in [0.25, 0.3) is 0 Å². The van der Waals surface area contributed by atoms with Crippen molar-refractivity contribution in [3.63, 3.8) is 0 Å². The highest BCUT2D eigenvalue weighted by atomic mass is 32.2. The van der Waals surface area contributed by atoms with Crippen LogP contribution in [0.3, 0.4) is 0 Å². The molecule has 0 N–H and O–H groups in total. The Bertz CT molecular complexity index is 2380. The molecule has 0 spiro atoms. The van der Waals surface area contributed by atoms with Crippen molar-refractivity contribution in [2.24, 2.45) is 0 Å². The molecule has 0 aromatic heterocycles. The molecule has 60 heavy (non-hydrogen) atoms. The van der Waals surface area contributed by atoms with Crippen molar-refractivity contribution in [2.75, 3.05) is 22.7 Å². The summed E-state index contributed by atoms with van der Waals surface area (Å²) in [7, 11) is -10.7. The third-order valence-corrected chi connectivity index (χ3v) is 15.7. The van der Waals surface area contributed by atoms with Gasteiger partial charge in [0.25, 0.3) is 0 Å². The fourth-order valence-electron chi connectivity index (χ4n) is 6.32. The highest BCUT2D eigenvalue weighted by Gasteiger charge is 2.59. The highest BCUT2D eigenvalue weighted by Crippen LogP contribution is 2.62. The number of benzene rings is 5. The summed E-state index contributed by atoms with van der Waals surface area (Å²) in [6.45, 7) is 0.351. The van der Waals surface area contributed by atoms with Crippen LogP contribution in [0.15, 0.2) is 59.5 Å². The first-order valence-corrected chi connectivity index (χ1v) is 21.0. The fraction of sp³-hybridized carbons (Fsp3) is 0.211. The van der Waals surface area contributed by atoms with Gasteiger partial charge in [0.05, 0.1) is 36.6 Å². The molecule has 0 fully saturated rings. The molecule has 0 aliphatic rings. The van der Waals surface area contributed by atoms with Crippen LogP contribution in [-0.4, -0.2) is 33.4 Å². The van der Waals surface area contributed by atoms with Crippen molar-refractivity contribution in [3.05, 3.63) is 153 Å². The molecule has 5 aromatic carbocycles. The van der Waals surface area contributed by atoms with Crippen LogP contribution in [0.2, 0.25) is 0 Å². The van der Waals surface area contributed by atoms with E-state index in [2.05, 4.69) is 19.1 Å². The number of hydrogen-bond acceptors (Lipinski definition) is 3. The lowest BCUT2D eigenvalue weighted by atomic mass is 9.41. The van der Waals surface area contributed by atoms with E-state index in [1.165, 1.54) is 12.5 Å². The average molecular weight is 907 g/mol. The van der Waals surface area contributed by atoms with Crippen molar-refractivity contribution >= 4 is 40.6 Å². The molecule has 0 saturated heterocycles. The first-order valence-electron chi connectivity index (χ1n) is 17.3. The Morgan fingerprint density at radius 3 is 1.07 bits per heavy atom. The van der Waals surface area contributed by atoms with Gasteiger partial charge in [0, 0.05) is 0 Å². The molecule has 0 radical (unpaired) electrons. The molecule has 0 bridgehead atoms. The average Bonchev–Trinajstić information content (AvgIpc) is 3.23. The zero-order valence-electron chi connectivity index (χ0n) is 31.6. The SMILES string of the molecule is CC[P+](CC)(CC)O[B-](c1c(F)c(F)c(F)c(F)c1F)(c1c(F)c(F)c(F)c(F)c1F)N(c1c(F)c(F)c(F)c(F)c1F)S(=O)(=O)c1ccc(C)cc1.Cc1ccccc1. The second-order valence-electron chi connectivity index (χ2n) is 13.0. The standard InChI is InChI=1S/C31H22BF15NO3PS.C7H8/c1-5-52(6-2,7-3)51-32(14-16(33)20(37)24(41)21(38)17(14)34,15-18(35)22(39)25(42)23(40)19(15)36)48(53(49,50)13-10-8-12(4)9-11-13)31-29(46)27(44)26(43)28(45)30(31)47;1-7-5-3-2-4-6-7/h8-11H,5-7H2,1-4H3;2-6H,1H3. The number of halogens is 15. The summed E-state index contributed by atoms with van der Waals surface area (Å²) >= 11 is 0. The summed E-state index contributed by atoms with van der Waals surface area (Å²) in [5, 5.41) is 0. The summed E-state index contributed by atoms with van der Waals surface area (Å²) in [4.78, 5) is -1.41. The zero-order chi connectivity index (χ0) is 45.4. The van der Waals surface area contributed by atoms with Gasteiger partial charge in [-0.2, -0.15) is 0 Å². The summed E-state index contributed by atoms with van der Waals surface area (Å²) in [6.07, 6.45) is -1.70. The molecule has 0 aliphatic heterocycles. The Kier molecular flexibility index (Phi) is 14.4. The number of sulfonamides is 1. The number of anilines is 1. The summed E-state index contributed by atoms with van der Waals surface area (Å²) in [6, 6.07) is 13.0. The highest BCUT2D eigenvalue weighted by molar-refractivity contribution is 7.95. The predicted molar refractivity (Wildman–Crippen MR) is 195 cm³/mol. The molecule has 4 nitrogen and oxygen atoms in total. The molecule has 0 heterocycles. The number of aryl methyl sites for hydroxylation is 2. The van der Waals surface area contributed by atoms with Gasteiger partial charge in [-0.05, 0) is 46.8 Å². The van der Waals surface area contributed by atoms with Crippen LogP contribution < -0.4 is 15.1 Å². The van der Waals surface area contributed by atoms with E-state index >= 15 is 52.7 Å². The molecule has 5 rings (SSSR count). The van der Waals surface area contributed by atoms with E-state index < -0.39 is 155 Å². The molecular formula is C38H30BF15NO3PS. The Morgan fingerprint density at radius 2 is 0.767 bits per heavy atom. The van der Waals surface area contributed by atoms with Gasteiger partial charge >= 0.3 is 6.48 Å². The van der Waals surface area contributed by atoms with Gasteiger partial charge in [0.2, 0.25) is 15.8 Å². The first kappa shape index (κ1) is 47.9. The van der Waals surface area contributed by atoms with Crippen LogP contribution in [0, 0.1) is 101 Å². The van der Waals surface area contributed by atoms with Crippen molar-refractivity contribution in [3.8, 4) is 0 Å². The minimum Gasteiger partial charge on any atom is -0.400 e. The van der Waals surface area contributed by atoms with Crippen molar-refractivity contribution in [1.29, 1.82) is 0 Å². The van der Waals surface area contributed by atoms with Gasteiger partial charge in [-0.1, -0.05) is 64.5 Å². The topological polar surface area (TPSA) is 46.6 Å². The number of hydrogen-bond donors (Lipinski definition) is 0. The molecule has 22 heteroatoms. The molecule has 324 valence electrons. The molecule has 0 aliphatic carbocycles.